The minimum absolute atomic E-state index is 0.156. The van der Waals surface area contributed by atoms with E-state index in [4.69, 9.17) is 0 Å². The number of hydrogen-bond donors (Lipinski definition) is 1. The molecule has 1 heterocycles. The third kappa shape index (κ3) is 1.30. The molecule has 0 atom stereocenters. The molecule has 1 aromatic heterocycles. The number of aromatic amines is 1. The summed E-state index contributed by atoms with van der Waals surface area (Å²) in [5.41, 5.74) is 2.95. The van der Waals surface area contributed by atoms with E-state index in [0.717, 1.165) is 22.0 Å². The SMILES string of the molecule is Cc1cccc2[nH]c3cccc([N+](=O)[O-])c3c12. The van der Waals surface area contributed by atoms with E-state index >= 15 is 0 Å². The predicted octanol–water partition coefficient (Wildman–Crippen LogP) is 3.54. The highest BCUT2D eigenvalue weighted by atomic mass is 16.6. The fraction of sp³-hybridized carbons (Fsp3) is 0.0769. The summed E-state index contributed by atoms with van der Waals surface area (Å²) >= 11 is 0. The van der Waals surface area contributed by atoms with Gasteiger partial charge in [0, 0.05) is 17.0 Å². The molecule has 17 heavy (non-hydrogen) atoms. The fourth-order valence-electron chi connectivity index (χ4n) is 2.31. The summed E-state index contributed by atoms with van der Waals surface area (Å²) in [6.07, 6.45) is 0. The molecule has 2 aromatic carbocycles. The molecule has 3 rings (SSSR count). The van der Waals surface area contributed by atoms with E-state index in [9.17, 15) is 10.1 Å². The lowest BCUT2D eigenvalue weighted by Gasteiger charge is -1.97. The number of aromatic nitrogens is 1. The average Bonchev–Trinajstić information content (AvgIpc) is 2.67. The molecule has 0 amide bonds. The van der Waals surface area contributed by atoms with Crippen molar-refractivity contribution in [3.63, 3.8) is 0 Å². The molecule has 0 aliphatic carbocycles. The maximum absolute atomic E-state index is 11.1. The minimum Gasteiger partial charge on any atom is -0.354 e. The van der Waals surface area contributed by atoms with E-state index in [1.807, 2.05) is 31.2 Å². The van der Waals surface area contributed by atoms with Gasteiger partial charge in [-0.15, -0.1) is 0 Å². The van der Waals surface area contributed by atoms with Crippen molar-refractivity contribution in [3.8, 4) is 0 Å². The number of fused-ring (bicyclic) bond motifs is 3. The summed E-state index contributed by atoms with van der Waals surface area (Å²) in [4.78, 5) is 13.9. The second-order valence-electron chi connectivity index (χ2n) is 4.08. The van der Waals surface area contributed by atoms with Crippen LogP contribution in [0.5, 0.6) is 0 Å². The minimum atomic E-state index is -0.331. The Morgan fingerprint density at radius 1 is 1.06 bits per heavy atom. The van der Waals surface area contributed by atoms with Gasteiger partial charge >= 0.3 is 0 Å². The molecule has 4 nitrogen and oxygen atoms in total. The molecule has 3 aromatic rings. The summed E-state index contributed by atoms with van der Waals surface area (Å²) in [7, 11) is 0. The number of aryl methyl sites for hydroxylation is 1. The van der Waals surface area contributed by atoms with Crippen LogP contribution in [0.15, 0.2) is 36.4 Å². The van der Waals surface area contributed by atoms with E-state index in [-0.39, 0.29) is 10.6 Å². The van der Waals surface area contributed by atoms with Crippen molar-refractivity contribution in [1.29, 1.82) is 0 Å². The maximum Gasteiger partial charge on any atom is 0.279 e. The molecule has 0 aliphatic heterocycles. The summed E-state index contributed by atoms with van der Waals surface area (Å²) in [6, 6.07) is 11.0. The first-order valence-corrected chi connectivity index (χ1v) is 5.33. The van der Waals surface area contributed by atoms with Crippen molar-refractivity contribution in [3.05, 3.63) is 52.1 Å². The highest BCUT2D eigenvalue weighted by Gasteiger charge is 2.16. The normalized spacial score (nSPS) is 11.1. The van der Waals surface area contributed by atoms with Crippen LogP contribution in [0.3, 0.4) is 0 Å². The fourth-order valence-corrected chi connectivity index (χ4v) is 2.31. The van der Waals surface area contributed by atoms with Crippen LogP contribution in [0, 0.1) is 17.0 Å². The molecule has 0 bridgehead atoms. The molecule has 0 saturated carbocycles. The van der Waals surface area contributed by atoms with Crippen molar-refractivity contribution in [2.45, 2.75) is 6.92 Å². The number of benzene rings is 2. The number of nitro groups is 1. The zero-order valence-electron chi connectivity index (χ0n) is 9.23. The average molecular weight is 226 g/mol. The van der Waals surface area contributed by atoms with Crippen molar-refractivity contribution < 1.29 is 4.92 Å². The van der Waals surface area contributed by atoms with Gasteiger partial charge in [-0.25, -0.2) is 0 Å². The number of non-ortho nitro benzene ring substituents is 1. The van der Waals surface area contributed by atoms with E-state index in [0.29, 0.717) is 5.39 Å². The van der Waals surface area contributed by atoms with E-state index in [2.05, 4.69) is 4.98 Å². The highest BCUT2D eigenvalue weighted by Crippen LogP contribution is 2.34. The number of hydrogen-bond acceptors (Lipinski definition) is 2. The molecular formula is C13H10N2O2. The van der Waals surface area contributed by atoms with Gasteiger partial charge in [-0.05, 0) is 24.6 Å². The van der Waals surface area contributed by atoms with Gasteiger partial charge in [0.05, 0.1) is 15.8 Å². The lowest BCUT2D eigenvalue weighted by molar-refractivity contribution is -0.383. The van der Waals surface area contributed by atoms with Gasteiger partial charge in [-0.2, -0.15) is 0 Å². The smallest absolute Gasteiger partial charge is 0.279 e. The Labute approximate surface area is 97.0 Å². The van der Waals surface area contributed by atoms with Crippen LogP contribution in [-0.4, -0.2) is 9.91 Å². The first-order chi connectivity index (χ1) is 8.18. The molecule has 0 aliphatic rings. The number of nitro benzene ring substituents is 1. The summed E-state index contributed by atoms with van der Waals surface area (Å²) in [6.45, 7) is 1.96. The van der Waals surface area contributed by atoms with Gasteiger partial charge in [0.15, 0.2) is 0 Å². The number of nitrogens with one attached hydrogen (secondary N) is 1. The largest absolute Gasteiger partial charge is 0.354 e. The first kappa shape index (κ1) is 9.84. The number of nitrogens with zero attached hydrogens (tertiary/aromatic N) is 1. The highest BCUT2D eigenvalue weighted by molar-refractivity contribution is 6.13. The quantitative estimate of drug-likeness (QED) is 0.509. The second-order valence-corrected chi connectivity index (χ2v) is 4.08. The van der Waals surface area contributed by atoms with Crippen molar-refractivity contribution in [2.24, 2.45) is 0 Å². The Kier molecular flexibility index (Phi) is 1.92. The van der Waals surface area contributed by atoms with Crippen LogP contribution < -0.4 is 0 Å². The zero-order valence-corrected chi connectivity index (χ0v) is 9.23. The van der Waals surface area contributed by atoms with Crippen LogP contribution in [0.1, 0.15) is 5.56 Å². The molecular weight excluding hydrogens is 216 g/mol. The zero-order chi connectivity index (χ0) is 12.0. The van der Waals surface area contributed by atoms with Crippen LogP contribution in [0.2, 0.25) is 0 Å². The first-order valence-electron chi connectivity index (χ1n) is 5.33. The van der Waals surface area contributed by atoms with Crippen LogP contribution >= 0.6 is 0 Å². The Balaban J connectivity index is 2.61. The summed E-state index contributed by atoms with van der Waals surface area (Å²) in [5.74, 6) is 0. The predicted molar refractivity (Wildman–Crippen MR) is 67.2 cm³/mol. The van der Waals surface area contributed by atoms with Gasteiger partial charge in [0.25, 0.3) is 5.69 Å². The van der Waals surface area contributed by atoms with Crippen molar-refractivity contribution in [2.75, 3.05) is 0 Å². The number of H-pyrrole nitrogens is 1. The Bertz CT molecular complexity index is 744. The third-order valence-corrected chi connectivity index (χ3v) is 3.03. The van der Waals surface area contributed by atoms with Crippen LogP contribution in [0.4, 0.5) is 5.69 Å². The van der Waals surface area contributed by atoms with Gasteiger partial charge in [-0.3, -0.25) is 10.1 Å². The molecule has 84 valence electrons. The molecule has 0 spiro atoms. The van der Waals surface area contributed by atoms with E-state index < -0.39 is 0 Å². The third-order valence-electron chi connectivity index (χ3n) is 3.03. The van der Waals surface area contributed by atoms with E-state index in [1.54, 1.807) is 12.1 Å². The number of rotatable bonds is 1. The standard InChI is InChI=1S/C13H10N2O2/c1-8-4-2-5-9-12(8)13-10(14-9)6-3-7-11(13)15(16)17/h2-7,14H,1H3. The van der Waals surface area contributed by atoms with Gasteiger partial charge in [0.1, 0.15) is 0 Å². The maximum atomic E-state index is 11.1. The second kappa shape index (κ2) is 3.31. The van der Waals surface area contributed by atoms with Crippen molar-refractivity contribution in [1.82, 2.24) is 4.98 Å². The van der Waals surface area contributed by atoms with Gasteiger partial charge in [-0.1, -0.05) is 18.2 Å². The van der Waals surface area contributed by atoms with Crippen molar-refractivity contribution >= 4 is 27.5 Å². The monoisotopic (exact) mass is 226 g/mol. The van der Waals surface area contributed by atoms with Crippen LogP contribution in [-0.2, 0) is 0 Å². The Morgan fingerprint density at radius 3 is 2.41 bits per heavy atom. The molecule has 1 N–H and O–H groups in total. The lowest BCUT2D eigenvalue weighted by atomic mass is 10.1. The molecule has 0 radical (unpaired) electrons. The summed E-state index contributed by atoms with van der Waals surface area (Å²) in [5, 5.41) is 12.7. The summed E-state index contributed by atoms with van der Waals surface area (Å²) < 4.78 is 0. The van der Waals surface area contributed by atoms with Gasteiger partial charge in [0.2, 0.25) is 0 Å². The van der Waals surface area contributed by atoms with E-state index in [1.165, 1.54) is 0 Å². The molecule has 0 fully saturated rings. The molecule has 4 heteroatoms. The Hall–Kier alpha value is -2.36. The molecule has 0 saturated heterocycles. The topological polar surface area (TPSA) is 58.9 Å². The lowest BCUT2D eigenvalue weighted by Crippen LogP contribution is -1.88. The molecule has 0 unspecified atom stereocenters. The Morgan fingerprint density at radius 2 is 1.71 bits per heavy atom. The van der Waals surface area contributed by atoms with Crippen LogP contribution in [0.25, 0.3) is 21.8 Å². The van der Waals surface area contributed by atoms with Gasteiger partial charge < -0.3 is 4.98 Å².